The van der Waals surface area contributed by atoms with Crippen LogP contribution in [0.3, 0.4) is 0 Å². The van der Waals surface area contributed by atoms with Crippen molar-refractivity contribution in [2.45, 2.75) is 198 Å². The van der Waals surface area contributed by atoms with Crippen LogP contribution >= 0.6 is 0 Å². The molecule has 0 aromatic carbocycles. The first-order valence-corrected chi connectivity index (χ1v) is 31.3. The zero-order chi connectivity index (χ0) is 62.6. The zero-order valence-electron chi connectivity index (χ0n) is 55.4. The Bertz CT molecular complexity index is 2610. The molecule has 10 aliphatic rings. The van der Waals surface area contributed by atoms with Crippen LogP contribution in [-0.2, 0) is 38.4 Å². The SMILES string of the molecule is C=C(CO)[C@@H]1CC[C@]2(C(=O)O)CC[C@]3(C)[C@H](CC[C@@H]4[C@@]5(C)CC/C(=N/O)[C@](C)(CO)[C@@H]5CC[C@]43C)[C@@H]12.C=C(CO)[C@@H]1CC[C@]2(C(=O)O)CC[C@]3(C)[C@H](CC[C@@H]4[C@@]5(C)CCC(=NOC(C)=O)[C@](C)(COC(C)=O)[C@@H]5CC[C@]43C)[C@@H]12.CO.O=CO[O-].[H-].[Na+].[Na+]. The maximum atomic E-state index is 12.9. The Morgan fingerprint density at radius 1 is 0.581 bits per heavy atom. The van der Waals surface area contributed by atoms with Crippen LogP contribution in [0.15, 0.2) is 34.6 Å². The summed E-state index contributed by atoms with van der Waals surface area (Å²) < 4.78 is 5.66. The van der Waals surface area contributed by atoms with E-state index in [1.54, 1.807) is 0 Å². The molecule has 18 nitrogen and oxygen atoms in total. The second-order valence-corrected chi connectivity index (χ2v) is 29.9. The van der Waals surface area contributed by atoms with E-state index in [4.69, 9.17) is 24.7 Å². The van der Waals surface area contributed by atoms with Gasteiger partial charge in [-0.15, -0.1) is 0 Å². The Kier molecular flexibility index (Phi) is 23.9. The molecule has 20 atom stereocenters. The quantitative estimate of drug-likeness (QED) is 0.0226. The Morgan fingerprint density at radius 2 is 0.988 bits per heavy atom. The number of aliphatic hydroxyl groups is 4. The molecule has 0 aliphatic heterocycles. The van der Waals surface area contributed by atoms with Crippen LogP contribution < -0.4 is 64.4 Å². The topological polar surface area (TPSA) is 302 Å². The number of carbonyl (C=O) groups excluding carboxylic acids is 3. The number of ether oxygens (including phenoxy) is 1. The first kappa shape index (κ1) is 74.5. The van der Waals surface area contributed by atoms with E-state index in [-0.39, 0.29) is 173 Å². The maximum Gasteiger partial charge on any atom is 1.00 e. The summed E-state index contributed by atoms with van der Waals surface area (Å²) in [6.07, 6.45) is 17.6. The molecule has 0 unspecified atom stereocenters. The largest absolute Gasteiger partial charge is 1.00 e. The number of nitrogens with zero attached hydrogens (tertiary/aromatic N) is 2. The summed E-state index contributed by atoms with van der Waals surface area (Å²) >= 11 is 0. The smallest absolute Gasteiger partial charge is 1.00 e. The first-order valence-electron chi connectivity index (χ1n) is 31.3. The Labute approximate surface area is 556 Å². The van der Waals surface area contributed by atoms with Gasteiger partial charge in [-0.25, -0.2) is 4.79 Å². The summed E-state index contributed by atoms with van der Waals surface area (Å²) in [4.78, 5) is 65.8. The normalized spacial score (nSPS) is 45.5. The molecule has 0 aromatic rings. The van der Waals surface area contributed by atoms with Crippen molar-refractivity contribution in [1.82, 2.24) is 0 Å². The van der Waals surface area contributed by atoms with E-state index in [1.165, 1.54) is 13.8 Å². The molecule has 476 valence electrons. The number of rotatable bonds is 11. The van der Waals surface area contributed by atoms with E-state index in [9.17, 15) is 49.9 Å². The van der Waals surface area contributed by atoms with Crippen LogP contribution in [0.4, 0.5) is 0 Å². The predicted molar refractivity (Wildman–Crippen MR) is 313 cm³/mol. The van der Waals surface area contributed by atoms with Gasteiger partial charge < -0.3 is 57.0 Å². The van der Waals surface area contributed by atoms with E-state index in [0.717, 1.165) is 126 Å². The van der Waals surface area contributed by atoms with Crippen molar-refractivity contribution in [2.75, 3.05) is 33.5 Å². The summed E-state index contributed by atoms with van der Waals surface area (Å²) in [5, 5.41) is 84.9. The van der Waals surface area contributed by atoms with Crippen LogP contribution in [0.5, 0.6) is 0 Å². The molecule has 86 heavy (non-hydrogen) atoms. The fourth-order valence-electron chi connectivity index (χ4n) is 23.4. The van der Waals surface area contributed by atoms with Gasteiger partial charge in [0.05, 0.1) is 42.1 Å². The predicted octanol–water partition coefficient (Wildman–Crippen LogP) is 3.83. The molecule has 10 aliphatic carbocycles. The third-order valence-corrected chi connectivity index (χ3v) is 27.7. The van der Waals surface area contributed by atoms with Gasteiger partial charge in [-0.05, 0) is 231 Å². The molecule has 20 heteroatoms. The average Bonchev–Trinajstić information content (AvgIpc) is 1.52. The fourth-order valence-corrected chi connectivity index (χ4v) is 23.4. The number of carboxylic acids is 2. The Balaban J connectivity index is 0.000000334. The molecule has 0 amide bonds. The molecule has 0 heterocycles. The Morgan fingerprint density at radius 3 is 1.34 bits per heavy atom. The average molecular weight is 1230 g/mol. The summed E-state index contributed by atoms with van der Waals surface area (Å²) in [5.41, 5.74) is 0.745. The van der Waals surface area contributed by atoms with Crippen LogP contribution in [0, 0.1) is 113 Å². The number of carboxylic acid groups (broad SMARTS) is 2. The fraction of sp³-hybridized carbons (Fsp3) is 0.833. The molecular weight excluding hydrogens is 1120 g/mol. The number of carbonyl (C=O) groups is 5. The second kappa shape index (κ2) is 27.5. The van der Waals surface area contributed by atoms with Crippen LogP contribution in [0.1, 0.15) is 199 Å². The number of oxime groups is 2. The molecule has 7 N–H and O–H groups in total. The number of aliphatic carboxylic acids is 2. The van der Waals surface area contributed by atoms with Gasteiger partial charge in [0.1, 0.15) is 6.61 Å². The number of hydrogen-bond donors (Lipinski definition) is 7. The number of esters is 1. The number of hydrogen-bond acceptors (Lipinski definition) is 16. The van der Waals surface area contributed by atoms with Gasteiger partial charge in [-0.2, -0.15) is 0 Å². The van der Waals surface area contributed by atoms with Crippen molar-refractivity contribution in [2.24, 2.45) is 124 Å². The van der Waals surface area contributed by atoms with Crippen molar-refractivity contribution in [3.8, 4) is 0 Å². The van der Waals surface area contributed by atoms with Crippen LogP contribution in [0.25, 0.3) is 0 Å². The molecule has 0 radical (unpaired) electrons. The van der Waals surface area contributed by atoms with Crippen molar-refractivity contribution in [3.05, 3.63) is 24.3 Å². The second-order valence-electron chi connectivity index (χ2n) is 29.9. The van der Waals surface area contributed by atoms with Gasteiger partial charge in [0, 0.05) is 31.8 Å². The number of fused-ring (bicyclic) bond motifs is 14. The van der Waals surface area contributed by atoms with Gasteiger partial charge >= 0.3 is 83.0 Å². The molecule has 0 saturated heterocycles. The van der Waals surface area contributed by atoms with E-state index < -0.39 is 39.6 Å². The summed E-state index contributed by atoms with van der Waals surface area (Å²) in [7, 11) is 1.00. The van der Waals surface area contributed by atoms with Crippen LogP contribution in [-0.4, -0.2) is 111 Å². The summed E-state index contributed by atoms with van der Waals surface area (Å²) in [6.45, 7) is 30.0. The van der Waals surface area contributed by atoms with Gasteiger partial charge in [-0.1, -0.05) is 78.9 Å². The first-order chi connectivity index (χ1) is 39.4. The van der Waals surface area contributed by atoms with Gasteiger partial charge in [0.2, 0.25) is 0 Å². The minimum absolute atomic E-state index is 0. The van der Waals surface area contributed by atoms with E-state index >= 15 is 0 Å². The van der Waals surface area contributed by atoms with Gasteiger partial charge in [0.25, 0.3) is 6.47 Å². The van der Waals surface area contributed by atoms with Crippen molar-refractivity contribution in [1.29, 1.82) is 0 Å². The molecule has 10 fully saturated rings. The third-order valence-electron chi connectivity index (χ3n) is 27.7. The summed E-state index contributed by atoms with van der Waals surface area (Å²) in [6, 6.07) is 0. The Hall–Kier alpha value is -2.23. The van der Waals surface area contributed by atoms with Crippen molar-refractivity contribution < 1.29 is 140 Å². The number of aliphatic hydroxyl groups excluding tert-OH is 4. The monoisotopic (exact) mass is 1230 g/mol. The van der Waals surface area contributed by atoms with E-state index in [2.05, 4.69) is 83.7 Å². The van der Waals surface area contributed by atoms with Gasteiger partial charge in [0.15, 0.2) is 0 Å². The molecule has 0 spiro atoms. The molecule has 0 aromatic heterocycles. The van der Waals surface area contributed by atoms with E-state index in [0.29, 0.717) is 49.9 Å². The van der Waals surface area contributed by atoms with Crippen molar-refractivity contribution >= 4 is 41.8 Å². The third kappa shape index (κ3) is 11.4. The standard InChI is InChI=1S/C34H51NO7.C30H47NO5.CH2O3.CH4O.2Na.H/c1-20(18-36)23-10-15-34(29(39)40)17-16-32(6)24(28(23)34)8-9-26-30(4)13-12-27(35-42-22(3)38)31(5,19-41-21(2)37)25(30)11-14-33(26,32)7;1-18(16-32)19-8-13-30(25(34)35)15-14-28(4)20(24(19)30)6-7-22-26(2)11-10-23(31-36)27(3,17-33)21(26)9-12-29(22,28)5;2-1-4-3;1-2;;;/h23-26,28,36H,1,8-19H2,2-7H3,(H,39,40);19-22,24,32-33,36H,1,6-17H2,2-5H3,(H,34,35);1,3H;2H,1H3;;;/q;;;;2*+1;-1/p-1/b;31-23-;;;;;/t23-,24+,25+,26+,28+,30-,31+,32+,33+,34-;19-,20+,21+,22+,24+,26-,27+,28+,29+,30-;;;;;/m00...../s1. The van der Waals surface area contributed by atoms with Crippen LogP contribution in [0.2, 0.25) is 0 Å². The molecule has 0 bridgehead atoms. The maximum absolute atomic E-state index is 12.9. The minimum Gasteiger partial charge on any atom is -1.00 e. The molecular formula is C66H104N2Na2O16. The van der Waals surface area contributed by atoms with Crippen molar-refractivity contribution in [3.63, 3.8) is 0 Å². The van der Waals surface area contributed by atoms with E-state index in [1.807, 2.05) is 0 Å². The molecule has 10 saturated carbocycles. The summed E-state index contributed by atoms with van der Waals surface area (Å²) in [5.74, 6) is -0.0134. The minimum atomic E-state index is -0.729. The van der Waals surface area contributed by atoms with Gasteiger partial charge in [-0.3, -0.25) is 19.2 Å². The zero-order valence-corrected chi connectivity index (χ0v) is 58.4. The molecule has 10 rings (SSSR count).